The number of rotatable bonds is 6. The van der Waals surface area contributed by atoms with Crippen LogP contribution < -0.4 is 5.32 Å². The van der Waals surface area contributed by atoms with Crippen molar-refractivity contribution in [3.63, 3.8) is 0 Å². The van der Waals surface area contributed by atoms with Crippen molar-refractivity contribution < 1.29 is 22.3 Å². The molecule has 10 heteroatoms. The van der Waals surface area contributed by atoms with Crippen molar-refractivity contribution in [3.05, 3.63) is 86.8 Å². The quantitative estimate of drug-likeness (QED) is 0.560. The highest BCUT2D eigenvalue weighted by Gasteiger charge is 2.29. The smallest absolute Gasteiger partial charge is 0.252 e. The van der Waals surface area contributed by atoms with Gasteiger partial charge < -0.3 is 10.1 Å². The highest BCUT2D eigenvalue weighted by atomic mass is 35.5. The third-order valence-electron chi connectivity index (χ3n) is 5.09. The Balaban J connectivity index is 1.63. The number of hydrogen-bond donors (Lipinski definition) is 1. The van der Waals surface area contributed by atoms with Crippen LogP contribution in [0.4, 0.5) is 4.39 Å². The van der Waals surface area contributed by atoms with E-state index >= 15 is 0 Å². The van der Waals surface area contributed by atoms with Crippen LogP contribution in [0.15, 0.2) is 64.9 Å². The summed E-state index contributed by atoms with van der Waals surface area (Å²) < 4.78 is 46.1. The number of carbonyl (C=O) groups is 1. The third-order valence-corrected chi connectivity index (χ3v) is 8.41. The molecule has 1 aliphatic heterocycles. The van der Waals surface area contributed by atoms with Crippen molar-refractivity contribution in [2.24, 2.45) is 0 Å². The van der Waals surface area contributed by atoms with Gasteiger partial charge in [-0.15, -0.1) is 11.3 Å². The Hall–Kier alpha value is -2.30. The van der Waals surface area contributed by atoms with E-state index in [2.05, 4.69) is 5.32 Å². The third kappa shape index (κ3) is 4.87. The Bertz CT molecular complexity index is 1200. The van der Waals surface area contributed by atoms with E-state index in [1.54, 1.807) is 12.1 Å². The summed E-state index contributed by atoms with van der Waals surface area (Å²) in [6.45, 7) is 1.05. The topological polar surface area (TPSA) is 75.7 Å². The number of hydrogen-bond acceptors (Lipinski definition) is 5. The highest BCUT2D eigenvalue weighted by molar-refractivity contribution is 7.89. The molecule has 1 aromatic heterocycles. The molecule has 1 atom stereocenters. The summed E-state index contributed by atoms with van der Waals surface area (Å²) in [7, 11) is -3.88. The van der Waals surface area contributed by atoms with E-state index < -0.39 is 22.0 Å². The SMILES string of the molecule is O=C(N[C@@H](c1ccc(F)cc1)c1cccs1)c1ccc(Cl)c(S(=O)(=O)N2CCOCC2)c1. The molecule has 3 aromatic rings. The summed E-state index contributed by atoms with van der Waals surface area (Å²) in [5.41, 5.74) is 0.863. The monoisotopic (exact) mass is 494 g/mol. The predicted molar refractivity (Wildman–Crippen MR) is 121 cm³/mol. The molecule has 4 rings (SSSR count). The molecule has 1 aliphatic rings. The largest absolute Gasteiger partial charge is 0.379 e. The van der Waals surface area contributed by atoms with Crippen molar-refractivity contribution in [2.45, 2.75) is 10.9 Å². The lowest BCUT2D eigenvalue weighted by Gasteiger charge is -2.26. The maximum absolute atomic E-state index is 13.4. The standard InChI is InChI=1S/C22H20ClFN2O4S2/c23-18-8-5-16(14-20(18)32(28,29)26-9-11-30-12-10-26)22(27)25-21(19-2-1-13-31-19)15-3-6-17(24)7-4-15/h1-8,13-14,21H,9-12H2,(H,25,27)/t21-/m0/s1. The van der Waals surface area contributed by atoms with Crippen LogP contribution >= 0.6 is 22.9 Å². The molecule has 1 fully saturated rings. The van der Waals surface area contributed by atoms with E-state index in [0.29, 0.717) is 18.8 Å². The molecule has 32 heavy (non-hydrogen) atoms. The average molecular weight is 495 g/mol. The number of sulfonamides is 1. The molecular weight excluding hydrogens is 475 g/mol. The zero-order chi connectivity index (χ0) is 22.7. The first-order valence-corrected chi connectivity index (χ1v) is 12.5. The summed E-state index contributed by atoms with van der Waals surface area (Å²) in [6, 6.07) is 13.3. The van der Waals surface area contributed by atoms with E-state index in [-0.39, 0.29) is 34.4 Å². The van der Waals surface area contributed by atoms with Crippen LogP contribution in [-0.4, -0.2) is 44.9 Å². The number of benzene rings is 2. The van der Waals surface area contributed by atoms with E-state index in [9.17, 15) is 17.6 Å². The van der Waals surface area contributed by atoms with E-state index in [1.807, 2.05) is 17.5 Å². The molecule has 1 saturated heterocycles. The molecule has 0 spiro atoms. The Morgan fingerprint density at radius 3 is 2.50 bits per heavy atom. The van der Waals surface area contributed by atoms with Crippen LogP contribution in [0.5, 0.6) is 0 Å². The maximum Gasteiger partial charge on any atom is 0.252 e. The molecule has 168 valence electrons. The Morgan fingerprint density at radius 2 is 1.84 bits per heavy atom. The molecule has 6 nitrogen and oxygen atoms in total. The van der Waals surface area contributed by atoms with Gasteiger partial charge in [0, 0.05) is 23.5 Å². The van der Waals surface area contributed by atoms with Crippen LogP contribution in [0.2, 0.25) is 5.02 Å². The first kappa shape index (κ1) is 22.9. The Labute approximate surface area is 194 Å². The molecule has 0 aliphatic carbocycles. The number of halogens is 2. The Kier molecular flexibility index (Phi) is 6.92. The summed E-state index contributed by atoms with van der Waals surface area (Å²) in [5.74, 6) is -0.844. The van der Waals surface area contributed by atoms with Crippen molar-refractivity contribution >= 4 is 38.9 Å². The van der Waals surface area contributed by atoms with Gasteiger partial charge in [-0.25, -0.2) is 12.8 Å². The predicted octanol–water partition coefficient (Wildman–Crippen LogP) is 4.08. The number of ether oxygens (including phenoxy) is 1. The van der Waals surface area contributed by atoms with Gasteiger partial charge in [0.2, 0.25) is 10.0 Å². The van der Waals surface area contributed by atoms with E-state index in [0.717, 1.165) is 4.88 Å². The molecule has 0 unspecified atom stereocenters. The van der Waals surface area contributed by atoms with Crippen molar-refractivity contribution in [2.75, 3.05) is 26.3 Å². The summed E-state index contributed by atoms with van der Waals surface area (Å²) in [6.07, 6.45) is 0. The van der Waals surface area contributed by atoms with E-state index in [1.165, 1.54) is 46.0 Å². The Morgan fingerprint density at radius 1 is 1.12 bits per heavy atom. The summed E-state index contributed by atoms with van der Waals surface area (Å²) in [4.78, 5) is 13.8. The first-order chi connectivity index (χ1) is 15.4. The van der Waals surface area contributed by atoms with Gasteiger partial charge >= 0.3 is 0 Å². The van der Waals surface area contributed by atoms with Crippen molar-refractivity contribution in [1.82, 2.24) is 9.62 Å². The average Bonchev–Trinajstić information content (AvgIpc) is 3.33. The second-order valence-electron chi connectivity index (χ2n) is 7.14. The highest BCUT2D eigenvalue weighted by Crippen LogP contribution is 2.29. The molecule has 1 amide bonds. The van der Waals surface area contributed by atoms with Gasteiger partial charge in [0.05, 0.1) is 24.3 Å². The fourth-order valence-corrected chi connectivity index (χ4v) is 6.12. The number of amides is 1. The molecule has 0 saturated carbocycles. The molecule has 2 heterocycles. The number of nitrogens with zero attached hydrogens (tertiary/aromatic N) is 1. The maximum atomic E-state index is 13.4. The van der Waals surface area contributed by atoms with Gasteiger partial charge in [-0.1, -0.05) is 29.8 Å². The second-order valence-corrected chi connectivity index (χ2v) is 10.4. The second kappa shape index (κ2) is 9.68. The lowest BCUT2D eigenvalue weighted by atomic mass is 10.0. The fraction of sp³-hybridized carbons (Fsp3) is 0.227. The fourth-order valence-electron chi connectivity index (χ4n) is 3.41. The van der Waals surface area contributed by atoms with Gasteiger partial charge in [0.25, 0.3) is 5.91 Å². The molecule has 0 radical (unpaired) electrons. The number of morpholine rings is 1. The lowest BCUT2D eigenvalue weighted by molar-refractivity contribution is 0.0730. The van der Waals surface area contributed by atoms with Crippen molar-refractivity contribution in [3.8, 4) is 0 Å². The minimum absolute atomic E-state index is 0.0429. The van der Waals surface area contributed by atoms with Gasteiger partial charge in [-0.05, 0) is 47.3 Å². The van der Waals surface area contributed by atoms with Crippen molar-refractivity contribution in [1.29, 1.82) is 0 Å². The molecule has 1 N–H and O–H groups in total. The lowest BCUT2D eigenvalue weighted by Crippen LogP contribution is -2.40. The van der Waals surface area contributed by atoms with E-state index in [4.69, 9.17) is 16.3 Å². The summed E-state index contributed by atoms with van der Waals surface area (Å²) >= 11 is 7.65. The molecule has 2 aromatic carbocycles. The number of thiophene rings is 1. The first-order valence-electron chi connectivity index (χ1n) is 9.83. The molecule has 0 bridgehead atoms. The number of nitrogens with one attached hydrogen (secondary N) is 1. The number of carbonyl (C=O) groups excluding carboxylic acids is 1. The van der Waals surface area contributed by atoms with Gasteiger partial charge in [-0.3, -0.25) is 4.79 Å². The van der Waals surface area contributed by atoms with Crippen LogP contribution in [0.3, 0.4) is 0 Å². The van der Waals surface area contributed by atoms with Crippen LogP contribution in [0.25, 0.3) is 0 Å². The minimum Gasteiger partial charge on any atom is -0.379 e. The van der Waals surface area contributed by atoms with Gasteiger partial charge in [0.1, 0.15) is 10.7 Å². The van der Waals surface area contributed by atoms with Crippen LogP contribution in [0.1, 0.15) is 26.8 Å². The molecular formula is C22H20ClFN2O4S2. The van der Waals surface area contributed by atoms with Crippen LogP contribution in [0, 0.1) is 5.82 Å². The van der Waals surface area contributed by atoms with Crippen LogP contribution in [-0.2, 0) is 14.8 Å². The zero-order valence-corrected chi connectivity index (χ0v) is 19.2. The minimum atomic E-state index is -3.88. The van der Waals surface area contributed by atoms with Gasteiger partial charge in [0.15, 0.2) is 0 Å². The van der Waals surface area contributed by atoms with Gasteiger partial charge in [-0.2, -0.15) is 4.31 Å². The zero-order valence-electron chi connectivity index (χ0n) is 16.8. The summed E-state index contributed by atoms with van der Waals surface area (Å²) in [5, 5.41) is 4.85. The normalized spacial score (nSPS) is 15.9.